The van der Waals surface area contributed by atoms with Gasteiger partial charge in [-0.1, -0.05) is 53.4 Å². The van der Waals surface area contributed by atoms with Gasteiger partial charge in [0.05, 0.1) is 0 Å². The third-order valence-electron chi connectivity index (χ3n) is 4.62. The molecule has 1 aromatic rings. The number of hydrogen-bond acceptors (Lipinski definition) is 2. The monoisotopic (exact) mass is 351 g/mol. The second-order valence-electron chi connectivity index (χ2n) is 5.91. The highest BCUT2D eigenvalue weighted by atomic mass is 79.9. The molecule has 1 amide bonds. The van der Waals surface area contributed by atoms with Crippen molar-refractivity contribution < 1.29 is 9.53 Å². The van der Waals surface area contributed by atoms with Gasteiger partial charge in [-0.3, -0.25) is 4.79 Å². The zero-order valence-electron chi connectivity index (χ0n) is 12.3. The number of carbonyl (C=O) groups is 1. The number of amides is 1. The van der Waals surface area contributed by atoms with Crippen LogP contribution in [0.2, 0.25) is 0 Å². The number of ether oxygens (including phenoxy) is 1. The van der Waals surface area contributed by atoms with Crippen molar-refractivity contribution in [1.82, 2.24) is 4.90 Å². The van der Waals surface area contributed by atoms with Crippen molar-refractivity contribution in [2.24, 2.45) is 0 Å². The second-order valence-corrected chi connectivity index (χ2v) is 6.71. The van der Waals surface area contributed by atoms with Crippen LogP contribution < -0.4 is 4.74 Å². The molecule has 0 radical (unpaired) electrons. The van der Waals surface area contributed by atoms with E-state index in [1.54, 1.807) is 0 Å². The Bertz CT molecular complexity index is 499. The van der Waals surface area contributed by atoms with Crippen LogP contribution in [-0.4, -0.2) is 35.3 Å². The lowest BCUT2D eigenvalue weighted by Gasteiger charge is -2.35. The molecule has 0 saturated heterocycles. The van der Waals surface area contributed by atoms with Crippen molar-refractivity contribution in [3.8, 4) is 5.75 Å². The molecule has 2 aliphatic rings. The number of alkyl halides is 1. The van der Waals surface area contributed by atoms with Gasteiger partial charge in [0.15, 0.2) is 0 Å². The molecule has 21 heavy (non-hydrogen) atoms. The first-order valence-electron chi connectivity index (χ1n) is 7.89. The fourth-order valence-corrected chi connectivity index (χ4v) is 3.91. The molecule has 0 aromatic heterocycles. The van der Waals surface area contributed by atoms with Crippen molar-refractivity contribution in [1.29, 1.82) is 0 Å². The Morgan fingerprint density at radius 1 is 1.24 bits per heavy atom. The van der Waals surface area contributed by atoms with Crippen LogP contribution in [0.5, 0.6) is 5.75 Å². The van der Waals surface area contributed by atoms with E-state index in [4.69, 9.17) is 4.74 Å². The fraction of sp³-hybridized carbons (Fsp3) is 0.588. The predicted molar refractivity (Wildman–Crippen MR) is 87.1 cm³/mol. The maximum atomic E-state index is 13.0. The number of halogens is 1. The first-order valence-corrected chi connectivity index (χ1v) is 9.01. The van der Waals surface area contributed by atoms with E-state index in [0.717, 1.165) is 36.0 Å². The Kier molecular flexibility index (Phi) is 4.84. The van der Waals surface area contributed by atoms with Crippen molar-refractivity contribution in [2.75, 3.05) is 18.5 Å². The summed E-state index contributed by atoms with van der Waals surface area (Å²) in [7, 11) is 0. The van der Waals surface area contributed by atoms with E-state index >= 15 is 0 Å². The van der Waals surface area contributed by atoms with E-state index in [-0.39, 0.29) is 11.8 Å². The van der Waals surface area contributed by atoms with Gasteiger partial charge in [-0.2, -0.15) is 0 Å². The molecular formula is C17H22BrNO2. The minimum Gasteiger partial charge on any atom is -0.492 e. The van der Waals surface area contributed by atoms with Crippen molar-refractivity contribution >= 4 is 21.8 Å². The summed E-state index contributed by atoms with van der Waals surface area (Å²) in [6.45, 7) is 1.28. The molecule has 1 aromatic carbocycles. The molecule has 114 valence electrons. The lowest BCUT2D eigenvalue weighted by atomic mass is 9.92. The van der Waals surface area contributed by atoms with Crippen LogP contribution >= 0.6 is 15.9 Å². The van der Waals surface area contributed by atoms with E-state index in [1.807, 2.05) is 24.3 Å². The van der Waals surface area contributed by atoms with Crippen LogP contribution in [0.3, 0.4) is 0 Å². The van der Waals surface area contributed by atoms with Gasteiger partial charge in [0.2, 0.25) is 5.91 Å². The van der Waals surface area contributed by atoms with E-state index in [1.165, 1.54) is 19.3 Å². The van der Waals surface area contributed by atoms with Crippen molar-refractivity contribution in [3.05, 3.63) is 29.8 Å². The van der Waals surface area contributed by atoms with E-state index in [9.17, 15) is 4.79 Å². The summed E-state index contributed by atoms with van der Waals surface area (Å²) in [6.07, 6.45) is 6.09. The SMILES string of the molecule is O=C(C1COc2ccccc21)N(CCBr)C1CCCCC1. The predicted octanol–water partition coefficient (Wildman–Crippen LogP) is 3.72. The van der Waals surface area contributed by atoms with Crippen LogP contribution in [0.1, 0.15) is 43.6 Å². The maximum Gasteiger partial charge on any atom is 0.234 e. The van der Waals surface area contributed by atoms with Gasteiger partial charge >= 0.3 is 0 Å². The first kappa shape index (κ1) is 14.9. The second kappa shape index (κ2) is 6.82. The molecule has 1 aliphatic carbocycles. The number of fused-ring (bicyclic) bond motifs is 1. The molecule has 1 aliphatic heterocycles. The zero-order valence-corrected chi connectivity index (χ0v) is 13.8. The van der Waals surface area contributed by atoms with Gasteiger partial charge in [0.1, 0.15) is 18.3 Å². The van der Waals surface area contributed by atoms with Gasteiger partial charge in [-0.05, 0) is 18.9 Å². The summed E-state index contributed by atoms with van der Waals surface area (Å²) in [5.74, 6) is 0.992. The van der Waals surface area contributed by atoms with Crippen molar-refractivity contribution in [2.45, 2.75) is 44.1 Å². The normalized spacial score (nSPS) is 21.7. The van der Waals surface area contributed by atoms with E-state index < -0.39 is 0 Å². The Hall–Kier alpha value is -1.03. The lowest BCUT2D eigenvalue weighted by Crippen LogP contribution is -2.45. The first-order chi connectivity index (χ1) is 10.3. The summed E-state index contributed by atoms with van der Waals surface area (Å²) >= 11 is 3.50. The fourth-order valence-electron chi connectivity index (χ4n) is 3.52. The highest BCUT2D eigenvalue weighted by Gasteiger charge is 2.35. The Morgan fingerprint density at radius 2 is 2.00 bits per heavy atom. The van der Waals surface area contributed by atoms with Gasteiger partial charge in [0, 0.05) is 23.5 Å². The number of para-hydroxylation sites is 1. The number of rotatable bonds is 4. The molecule has 0 N–H and O–H groups in total. The summed E-state index contributed by atoms with van der Waals surface area (Å²) in [5, 5.41) is 0.838. The van der Waals surface area contributed by atoms with Gasteiger partial charge < -0.3 is 9.64 Å². The van der Waals surface area contributed by atoms with E-state index in [2.05, 4.69) is 20.8 Å². The molecule has 1 heterocycles. The number of hydrogen-bond donors (Lipinski definition) is 0. The molecule has 4 heteroatoms. The van der Waals surface area contributed by atoms with Gasteiger partial charge in [0.25, 0.3) is 0 Å². The Balaban J connectivity index is 1.78. The summed E-state index contributed by atoms with van der Waals surface area (Å²) in [4.78, 5) is 15.1. The topological polar surface area (TPSA) is 29.5 Å². The zero-order chi connectivity index (χ0) is 14.7. The van der Waals surface area contributed by atoms with Crippen LogP contribution in [0.15, 0.2) is 24.3 Å². The third kappa shape index (κ3) is 3.10. The molecule has 3 rings (SSSR count). The van der Waals surface area contributed by atoms with Crippen LogP contribution in [0.25, 0.3) is 0 Å². The standard InChI is InChI=1S/C17H22BrNO2/c18-10-11-19(13-6-2-1-3-7-13)17(20)15-12-21-16-9-5-4-8-14(15)16/h4-5,8-9,13,15H,1-3,6-7,10-12H2. The molecule has 1 saturated carbocycles. The Labute approximate surface area is 134 Å². The minimum absolute atomic E-state index is 0.123. The maximum absolute atomic E-state index is 13.0. The lowest BCUT2D eigenvalue weighted by molar-refractivity contribution is -0.135. The average molecular weight is 352 g/mol. The largest absolute Gasteiger partial charge is 0.492 e. The number of benzene rings is 1. The quantitative estimate of drug-likeness (QED) is 0.773. The number of carbonyl (C=O) groups excluding carboxylic acids is 1. The highest BCUT2D eigenvalue weighted by Crippen LogP contribution is 2.36. The third-order valence-corrected chi connectivity index (χ3v) is 4.98. The minimum atomic E-state index is -0.123. The molecule has 0 spiro atoms. The smallest absolute Gasteiger partial charge is 0.234 e. The molecule has 3 nitrogen and oxygen atoms in total. The average Bonchev–Trinajstić information content (AvgIpc) is 2.97. The summed E-state index contributed by atoms with van der Waals surface area (Å²) in [5.41, 5.74) is 1.05. The molecule has 0 bridgehead atoms. The summed E-state index contributed by atoms with van der Waals surface area (Å²) < 4.78 is 5.69. The van der Waals surface area contributed by atoms with Crippen LogP contribution in [0, 0.1) is 0 Å². The number of nitrogens with zero attached hydrogens (tertiary/aromatic N) is 1. The highest BCUT2D eigenvalue weighted by molar-refractivity contribution is 9.09. The van der Waals surface area contributed by atoms with Crippen LogP contribution in [0.4, 0.5) is 0 Å². The van der Waals surface area contributed by atoms with Crippen LogP contribution in [-0.2, 0) is 4.79 Å². The Morgan fingerprint density at radius 3 is 2.76 bits per heavy atom. The van der Waals surface area contributed by atoms with Gasteiger partial charge in [-0.25, -0.2) is 0 Å². The molecule has 1 fully saturated rings. The van der Waals surface area contributed by atoms with E-state index in [0.29, 0.717) is 12.6 Å². The molecule has 1 atom stereocenters. The van der Waals surface area contributed by atoms with Gasteiger partial charge in [-0.15, -0.1) is 0 Å². The molecular weight excluding hydrogens is 330 g/mol. The molecule has 1 unspecified atom stereocenters. The summed E-state index contributed by atoms with van der Waals surface area (Å²) in [6, 6.07) is 8.35. The van der Waals surface area contributed by atoms with Crippen molar-refractivity contribution in [3.63, 3.8) is 0 Å².